The van der Waals surface area contributed by atoms with Gasteiger partial charge < -0.3 is 10.5 Å². The monoisotopic (exact) mass is 234 g/mol. The molecule has 0 amide bonds. The number of rotatable bonds is 1. The lowest BCUT2D eigenvalue weighted by atomic mass is 9.91. The van der Waals surface area contributed by atoms with E-state index in [0.717, 1.165) is 0 Å². The minimum atomic E-state index is -4.72. The van der Waals surface area contributed by atoms with Crippen LogP contribution in [0.25, 0.3) is 0 Å². The molecule has 1 aromatic rings. The minimum Gasteiger partial charge on any atom is -0.404 e. The molecule has 0 aliphatic carbocycles. The first-order valence-electron chi connectivity index (χ1n) is 4.62. The molecule has 0 atom stereocenters. The number of halogens is 3. The van der Waals surface area contributed by atoms with Crippen LogP contribution in [-0.2, 0) is 5.41 Å². The van der Waals surface area contributed by atoms with Gasteiger partial charge in [0.25, 0.3) is 0 Å². The summed E-state index contributed by atoms with van der Waals surface area (Å²) in [6.45, 7) is 5.20. The number of anilines is 1. The summed E-state index contributed by atoms with van der Waals surface area (Å²) in [7, 11) is 0. The van der Waals surface area contributed by atoms with Crippen LogP contribution in [0.2, 0.25) is 0 Å². The van der Waals surface area contributed by atoms with Crippen molar-refractivity contribution < 1.29 is 17.9 Å². The van der Waals surface area contributed by atoms with Crippen molar-refractivity contribution in [2.24, 2.45) is 0 Å². The van der Waals surface area contributed by atoms with Gasteiger partial charge in [-0.1, -0.05) is 20.8 Å². The standard InChI is InChI=1S/C10H13F3N2O/c1-9(2,3)8-6(16-10(11,12)13)4-5-7(14)15-8/h4-5H,1-3H3,(H2,14,15). The molecular formula is C10H13F3N2O. The van der Waals surface area contributed by atoms with Gasteiger partial charge in [0.1, 0.15) is 5.82 Å². The van der Waals surface area contributed by atoms with E-state index in [-0.39, 0.29) is 17.3 Å². The molecule has 90 valence electrons. The molecule has 0 saturated heterocycles. The van der Waals surface area contributed by atoms with Gasteiger partial charge in [-0.3, -0.25) is 0 Å². The van der Waals surface area contributed by atoms with Crippen molar-refractivity contribution in [2.45, 2.75) is 32.5 Å². The average molecular weight is 234 g/mol. The molecule has 0 fully saturated rings. The fourth-order valence-corrected chi connectivity index (χ4v) is 1.21. The smallest absolute Gasteiger partial charge is 0.404 e. The molecule has 6 heteroatoms. The maximum atomic E-state index is 12.1. The average Bonchev–Trinajstić information content (AvgIpc) is 2.04. The number of hydrogen-bond donors (Lipinski definition) is 1. The van der Waals surface area contributed by atoms with Crippen LogP contribution in [-0.4, -0.2) is 11.3 Å². The SMILES string of the molecule is CC(C)(C)c1nc(N)ccc1OC(F)(F)F. The molecule has 1 aromatic heterocycles. The van der Waals surface area contributed by atoms with Gasteiger partial charge in [-0.05, 0) is 12.1 Å². The van der Waals surface area contributed by atoms with E-state index in [4.69, 9.17) is 5.73 Å². The molecule has 0 bridgehead atoms. The van der Waals surface area contributed by atoms with Gasteiger partial charge in [0, 0.05) is 5.41 Å². The molecule has 0 unspecified atom stereocenters. The normalized spacial score (nSPS) is 12.6. The van der Waals surface area contributed by atoms with Crippen LogP contribution < -0.4 is 10.5 Å². The van der Waals surface area contributed by atoms with Crippen LogP contribution >= 0.6 is 0 Å². The van der Waals surface area contributed by atoms with Crippen LogP contribution in [0.3, 0.4) is 0 Å². The van der Waals surface area contributed by atoms with Gasteiger partial charge >= 0.3 is 6.36 Å². The summed E-state index contributed by atoms with van der Waals surface area (Å²) < 4.78 is 40.3. The lowest BCUT2D eigenvalue weighted by Gasteiger charge is -2.22. The first kappa shape index (κ1) is 12.6. The maximum Gasteiger partial charge on any atom is 0.573 e. The largest absolute Gasteiger partial charge is 0.573 e. The number of alkyl halides is 3. The van der Waals surface area contributed by atoms with E-state index in [1.807, 2.05) is 0 Å². The number of nitrogen functional groups attached to an aromatic ring is 1. The Hall–Kier alpha value is -1.46. The van der Waals surface area contributed by atoms with E-state index < -0.39 is 11.8 Å². The van der Waals surface area contributed by atoms with Crippen molar-refractivity contribution in [3.8, 4) is 5.75 Å². The van der Waals surface area contributed by atoms with E-state index >= 15 is 0 Å². The highest BCUT2D eigenvalue weighted by Gasteiger charge is 2.34. The predicted molar refractivity (Wildman–Crippen MR) is 54.0 cm³/mol. The number of aromatic nitrogens is 1. The third-order valence-corrected chi connectivity index (χ3v) is 1.82. The second-order valence-electron chi connectivity index (χ2n) is 4.38. The summed E-state index contributed by atoms with van der Waals surface area (Å²) in [5.74, 6) is -0.145. The highest BCUT2D eigenvalue weighted by Crippen LogP contribution is 2.33. The fraction of sp³-hybridized carbons (Fsp3) is 0.500. The summed E-state index contributed by atoms with van der Waals surface area (Å²) in [6.07, 6.45) is -4.72. The number of nitrogens with zero attached hydrogens (tertiary/aromatic N) is 1. The van der Waals surface area contributed by atoms with Gasteiger partial charge in [-0.15, -0.1) is 13.2 Å². The Balaban J connectivity index is 3.19. The Kier molecular flexibility index (Phi) is 3.03. The van der Waals surface area contributed by atoms with Gasteiger partial charge in [-0.2, -0.15) is 0 Å². The van der Waals surface area contributed by atoms with Gasteiger partial charge in [0.05, 0.1) is 5.69 Å². The third-order valence-electron chi connectivity index (χ3n) is 1.82. The van der Waals surface area contributed by atoms with Crippen molar-refractivity contribution >= 4 is 5.82 Å². The fourth-order valence-electron chi connectivity index (χ4n) is 1.21. The number of hydrogen-bond acceptors (Lipinski definition) is 3. The zero-order valence-corrected chi connectivity index (χ0v) is 9.22. The predicted octanol–water partition coefficient (Wildman–Crippen LogP) is 2.86. The first-order chi connectivity index (χ1) is 7.09. The van der Waals surface area contributed by atoms with Crippen molar-refractivity contribution in [1.82, 2.24) is 4.98 Å². The Morgan fingerprint density at radius 3 is 2.19 bits per heavy atom. The van der Waals surface area contributed by atoms with Gasteiger partial charge in [0.2, 0.25) is 0 Å². The Labute approximate surface area is 91.4 Å². The Bertz CT molecular complexity index is 383. The van der Waals surface area contributed by atoms with Crippen molar-refractivity contribution in [3.63, 3.8) is 0 Å². The Morgan fingerprint density at radius 2 is 1.75 bits per heavy atom. The summed E-state index contributed by atoms with van der Waals surface area (Å²) in [4.78, 5) is 3.88. The van der Waals surface area contributed by atoms with E-state index in [0.29, 0.717) is 0 Å². The van der Waals surface area contributed by atoms with Crippen molar-refractivity contribution in [1.29, 1.82) is 0 Å². The number of nitrogens with two attached hydrogens (primary N) is 1. The third kappa shape index (κ3) is 3.29. The summed E-state index contributed by atoms with van der Waals surface area (Å²) >= 11 is 0. The lowest BCUT2D eigenvalue weighted by molar-refractivity contribution is -0.275. The zero-order valence-electron chi connectivity index (χ0n) is 9.22. The summed E-state index contributed by atoms with van der Waals surface area (Å²) in [5.41, 5.74) is 5.05. The highest BCUT2D eigenvalue weighted by atomic mass is 19.4. The molecule has 2 N–H and O–H groups in total. The van der Waals surface area contributed by atoms with Crippen LogP contribution in [0.5, 0.6) is 5.75 Å². The highest BCUT2D eigenvalue weighted by molar-refractivity contribution is 5.41. The van der Waals surface area contributed by atoms with Crippen molar-refractivity contribution in [3.05, 3.63) is 17.8 Å². The quantitative estimate of drug-likeness (QED) is 0.812. The van der Waals surface area contributed by atoms with Crippen LogP contribution in [0, 0.1) is 0 Å². The van der Waals surface area contributed by atoms with Gasteiger partial charge in [0.15, 0.2) is 5.75 Å². The van der Waals surface area contributed by atoms with Crippen molar-refractivity contribution in [2.75, 3.05) is 5.73 Å². The molecule has 3 nitrogen and oxygen atoms in total. The first-order valence-corrected chi connectivity index (χ1v) is 4.62. The Morgan fingerprint density at radius 1 is 1.19 bits per heavy atom. The molecule has 16 heavy (non-hydrogen) atoms. The van der Waals surface area contributed by atoms with E-state index in [1.165, 1.54) is 12.1 Å². The molecule has 0 aromatic carbocycles. The summed E-state index contributed by atoms with van der Waals surface area (Å²) in [6, 6.07) is 2.45. The molecular weight excluding hydrogens is 221 g/mol. The van der Waals surface area contributed by atoms with E-state index in [9.17, 15) is 13.2 Å². The molecule has 1 heterocycles. The van der Waals surface area contributed by atoms with Gasteiger partial charge in [-0.25, -0.2) is 4.98 Å². The molecule has 1 rings (SSSR count). The van der Waals surface area contributed by atoms with Crippen LogP contribution in [0.1, 0.15) is 26.5 Å². The minimum absolute atomic E-state index is 0.166. The zero-order chi connectivity index (χ0) is 12.6. The number of pyridine rings is 1. The molecule has 0 radical (unpaired) electrons. The lowest BCUT2D eigenvalue weighted by Crippen LogP contribution is -2.22. The second-order valence-corrected chi connectivity index (χ2v) is 4.38. The topological polar surface area (TPSA) is 48.1 Å². The summed E-state index contributed by atoms with van der Waals surface area (Å²) in [5, 5.41) is 0. The molecule has 0 saturated carbocycles. The van der Waals surface area contributed by atoms with E-state index in [1.54, 1.807) is 20.8 Å². The second kappa shape index (κ2) is 3.84. The van der Waals surface area contributed by atoms with E-state index in [2.05, 4.69) is 9.72 Å². The molecule has 0 aliphatic rings. The number of ether oxygens (including phenoxy) is 1. The van der Waals surface area contributed by atoms with Crippen LogP contribution in [0.15, 0.2) is 12.1 Å². The maximum absolute atomic E-state index is 12.1. The molecule has 0 aliphatic heterocycles. The van der Waals surface area contributed by atoms with Crippen LogP contribution in [0.4, 0.5) is 19.0 Å². The molecule has 0 spiro atoms.